The van der Waals surface area contributed by atoms with Gasteiger partial charge in [0.1, 0.15) is 11.6 Å². The molecule has 0 fully saturated rings. The molecular weight excluding hydrogens is 456 g/mol. The maximum Gasteiger partial charge on any atom is 0.318 e. The van der Waals surface area contributed by atoms with Gasteiger partial charge in [0.05, 0.1) is 23.0 Å². The lowest BCUT2D eigenvalue weighted by Gasteiger charge is -2.11. The molecule has 0 heterocycles. The number of nitro benzene ring substituents is 2. The third-order valence-electron chi connectivity index (χ3n) is 4.73. The third-order valence-corrected chi connectivity index (χ3v) is 4.73. The van der Waals surface area contributed by atoms with E-state index in [0.29, 0.717) is 5.56 Å². The smallest absolute Gasteiger partial charge is 0.318 e. The average Bonchev–Trinajstić information content (AvgIpc) is 2.87. The number of carbonyl (C=O) groups is 1. The van der Waals surface area contributed by atoms with Crippen LogP contribution in [0, 0.1) is 31.6 Å². The normalized spacial score (nSPS) is 10.7. The van der Waals surface area contributed by atoms with Gasteiger partial charge in [-0.2, -0.15) is 5.26 Å². The minimum absolute atomic E-state index is 0.0913. The number of rotatable bonds is 9. The lowest BCUT2D eigenvalue weighted by molar-refractivity contribution is -0.394. The van der Waals surface area contributed by atoms with Gasteiger partial charge in [0.2, 0.25) is 5.75 Å². The zero-order chi connectivity index (χ0) is 25.4. The molecule has 0 spiro atoms. The van der Waals surface area contributed by atoms with Crippen LogP contribution in [0.3, 0.4) is 0 Å². The van der Waals surface area contributed by atoms with Gasteiger partial charge in [-0.1, -0.05) is 36.4 Å². The van der Waals surface area contributed by atoms with Crippen LogP contribution in [-0.4, -0.2) is 22.9 Å². The van der Waals surface area contributed by atoms with Crippen LogP contribution in [-0.2, 0) is 11.3 Å². The number of hydrogen-bond donors (Lipinski definition) is 1. The molecular formula is C24H18N4O7. The molecule has 3 aromatic carbocycles. The summed E-state index contributed by atoms with van der Waals surface area (Å²) < 4.78 is 10.9. The summed E-state index contributed by atoms with van der Waals surface area (Å²) in [6, 6.07) is 18.5. The first-order valence-electron chi connectivity index (χ1n) is 10.0. The molecule has 0 aliphatic heterocycles. The van der Waals surface area contributed by atoms with Gasteiger partial charge >= 0.3 is 5.69 Å². The molecule has 1 amide bonds. The number of non-ortho nitro benzene ring substituents is 1. The van der Waals surface area contributed by atoms with Gasteiger partial charge in [-0.15, -0.1) is 0 Å². The second kappa shape index (κ2) is 11.1. The Kier molecular flexibility index (Phi) is 7.71. The highest BCUT2D eigenvalue weighted by Gasteiger charge is 2.22. The van der Waals surface area contributed by atoms with E-state index in [1.165, 1.54) is 31.4 Å². The minimum Gasteiger partial charge on any atom is -0.493 e. The van der Waals surface area contributed by atoms with Gasteiger partial charge < -0.3 is 14.8 Å². The molecule has 0 saturated carbocycles. The van der Waals surface area contributed by atoms with Crippen molar-refractivity contribution in [3.05, 3.63) is 104 Å². The second-order valence-electron chi connectivity index (χ2n) is 7.02. The van der Waals surface area contributed by atoms with Crippen LogP contribution >= 0.6 is 0 Å². The van der Waals surface area contributed by atoms with E-state index in [4.69, 9.17) is 9.47 Å². The molecule has 0 bridgehead atoms. The van der Waals surface area contributed by atoms with Gasteiger partial charge in [-0.25, -0.2) is 0 Å². The molecule has 0 radical (unpaired) electrons. The van der Waals surface area contributed by atoms with Gasteiger partial charge in [0.15, 0.2) is 11.5 Å². The first kappa shape index (κ1) is 24.4. The lowest BCUT2D eigenvalue weighted by atomic mass is 10.1. The molecule has 3 rings (SSSR count). The molecule has 0 aliphatic carbocycles. The summed E-state index contributed by atoms with van der Waals surface area (Å²) in [6.45, 7) is 0.253. The van der Waals surface area contributed by atoms with Crippen molar-refractivity contribution in [3.8, 4) is 23.3 Å². The van der Waals surface area contributed by atoms with Crippen LogP contribution in [0.15, 0.2) is 72.3 Å². The van der Waals surface area contributed by atoms with E-state index in [9.17, 15) is 30.3 Å². The SMILES string of the molecule is COc1cc(/C=C(\C#N)C(=O)NCc2ccccc2)ccc1Oc1ccc([N+](=O)[O-])cc1[N+](=O)[O-]. The Morgan fingerprint density at radius 2 is 1.71 bits per heavy atom. The van der Waals surface area contributed by atoms with E-state index in [0.717, 1.165) is 23.8 Å². The van der Waals surface area contributed by atoms with Crippen molar-refractivity contribution < 1.29 is 24.1 Å². The number of nitriles is 1. The van der Waals surface area contributed by atoms with Gasteiger partial charge in [0.25, 0.3) is 11.6 Å². The molecule has 0 aliphatic rings. The number of amides is 1. The van der Waals surface area contributed by atoms with Crippen molar-refractivity contribution in [1.82, 2.24) is 5.32 Å². The number of methoxy groups -OCH3 is 1. The van der Waals surface area contributed by atoms with Crippen LogP contribution in [0.25, 0.3) is 6.08 Å². The Bertz CT molecular complexity index is 1350. The summed E-state index contributed by atoms with van der Waals surface area (Å²) in [5, 5.41) is 34.4. The number of ether oxygens (including phenoxy) is 2. The third kappa shape index (κ3) is 6.17. The van der Waals surface area contributed by atoms with Crippen LogP contribution in [0.4, 0.5) is 11.4 Å². The first-order valence-corrected chi connectivity index (χ1v) is 10.0. The Morgan fingerprint density at radius 1 is 1.00 bits per heavy atom. The Hall–Kier alpha value is -5.24. The molecule has 11 heteroatoms. The van der Waals surface area contributed by atoms with Gasteiger partial charge in [0, 0.05) is 12.6 Å². The zero-order valence-corrected chi connectivity index (χ0v) is 18.3. The van der Waals surface area contributed by atoms with Crippen molar-refractivity contribution in [2.24, 2.45) is 0 Å². The monoisotopic (exact) mass is 474 g/mol. The molecule has 0 atom stereocenters. The van der Waals surface area contributed by atoms with E-state index < -0.39 is 27.1 Å². The Balaban J connectivity index is 1.83. The molecule has 0 aromatic heterocycles. The minimum atomic E-state index is -0.792. The fourth-order valence-corrected chi connectivity index (χ4v) is 3.01. The van der Waals surface area contributed by atoms with E-state index in [-0.39, 0.29) is 29.4 Å². The van der Waals surface area contributed by atoms with E-state index in [2.05, 4.69) is 5.32 Å². The van der Waals surface area contributed by atoms with E-state index in [1.807, 2.05) is 36.4 Å². The maximum absolute atomic E-state index is 12.4. The topological polar surface area (TPSA) is 158 Å². The quantitative estimate of drug-likeness (QED) is 0.205. The summed E-state index contributed by atoms with van der Waals surface area (Å²) in [5.41, 5.74) is 0.140. The van der Waals surface area contributed by atoms with Crippen LogP contribution < -0.4 is 14.8 Å². The van der Waals surface area contributed by atoms with Crippen molar-refractivity contribution in [2.45, 2.75) is 6.54 Å². The summed E-state index contributed by atoms with van der Waals surface area (Å²) in [7, 11) is 1.34. The van der Waals surface area contributed by atoms with Crippen molar-refractivity contribution in [2.75, 3.05) is 7.11 Å². The summed E-state index contributed by atoms with van der Waals surface area (Å²) in [5.74, 6) is -0.528. The number of hydrogen-bond acceptors (Lipinski definition) is 8. The standard InChI is InChI=1S/C24H18N4O7/c1-34-23-12-17(11-18(14-25)24(29)26-15-16-5-3-2-4-6-16)7-9-22(23)35-21-10-8-19(27(30)31)13-20(21)28(32)33/h2-13H,15H2,1H3,(H,26,29)/b18-11+. The first-order chi connectivity index (χ1) is 16.8. The average molecular weight is 474 g/mol. The number of nitro groups is 2. The van der Waals surface area contributed by atoms with Crippen molar-refractivity contribution in [3.63, 3.8) is 0 Å². The fraction of sp³-hybridized carbons (Fsp3) is 0.0833. The van der Waals surface area contributed by atoms with Crippen LogP contribution in [0.5, 0.6) is 17.2 Å². The van der Waals surface area contributed by atoms with Crippen molar-refractivity contribution in [1.29, 1.82) is 5.26 Å². The molecule has 0 saturated heterocycles. The molecule has 1 N–H and O–H groups in total. The molecule has 35 heavy (non-hydrogen) atoms. The predicted octanol–water partition coefficient (Wildman–Crippen LogP) is 4.53. The number of carbonyl (C=O) groups excluding carboxylic acids is 1. The van der Waals surface area contributed by atoms with E-state index in [1.54, 1.807) is 0 Å². The molecule has 3 aromatic rings. The Labute approximate surface area is 199 Å². The summed E-state index contributed by atoms with van der Waals surface area (Å²) >= 11 is 0. The zero-order valence-electron chi connectivity index (χ0n) is 18.3. The summed E-state index contributed by atoms with van der Waals surface area (Å²) in [4.78, 5) is 33.2. The van der Waals surface area contributed by atoms with Gasteiger partial charge in [-0.3, -0.25) is 25.0 Å². The molecule has 176 valence electrons. The number of nitrogens with one attached hydrogen (secondary N) is 1. The fourth-order valence-electron chi connectivity index (χ4n) is 3.01. The number of benzene rings is 3. The largest absolute Gasteiger partial charge is 0.493 e. The second-order valence-corrected chi connectivity index (χ2v) is 7.02. The van der Waals surface area contributed by atoms with Crippen LogP contribution in [0.2, 0.25) is 0 Å². The molecule has 11 nitrogen and oxygen atoms in total. The Morgan fingerprint density at radius 3 is 2.34 bits per heavy atom. The maximum atomic E-state index is 12.4. The van der Waals surface area contributed by atoms with Crippen LogP contribution in [0.1, 0.15) is 11.1 Å². The lowest BCUT2D eigenvalue weighted by Crippen LogP contribution is -2.23. The number of nitrogens with zero attached hydrogens (tertiary/aromatic N) is 3. The van der Waals surface area contributed by atoms with Gasteiger partial charge in [-0.05, 0) is 35.4 Å². The van der Waals surface area contributed by atoms with Crippen molar-refractivity contribution >= 4 is 23.4 Å². The van der Waals surface area contributed by atoms with E-state index >= 15 is 0 Å². The molecule has 0 unspecified atom stereocenters. The predicted molar refractivity (Wildman–Crippen MR) is 125 cm³/mol. The highest BCUT2D eigenvalue weighted by molar-refractivity contribution is 6.01. The summed E-state index contributed by atoms with van der Waals surface area (Å²) in [6.07, 6.45) is 1.36. The highest BCUT2D eigenvalue weighted by atomic mass is 16.6. The highest BCUT2D eigenvalue weighted by Crippen LogP contribution is 2.38.